The van der Waals surface area contributed by atoms with E-state index in [1.54, 1.807) is 50.5 Å². The number of rotatable bonds is 11. The molecule has 8 rings (SSSR count). The van der Waals surface area contributed by atoms with Crippen LogP contribution in [0.5, 0.6) is 28.7 Å². The van der Waals surface area contributed by atoms with Crippen molar-refractivity contribution in [3.05, 3.63) is 107 Å². The smallest absolute Gasteiger partial charge is 0.260 e. The van der Waals surface area contributed by atoms with E-state index in [0.29, 0.717) is 83.7 Å². The Labute approximate surface area is 313 Å². The van der Waals surface area contributed by atoms with Gasteiger partial charge in [-0.2, -0.15) is 0 Å². The average Bonchev–Trinajstić information content (AvgIpc) is 3.78. The minimum Gasteiger partial charge on any atom is -0.497 e. The number of aliphatic imine (C=N–C) groups is 2. The SMILES string of the molecule is COc1ccc(C2=CN3C(=O)c4cc(OC)c(OCCCOc5cc6c(cc5OC)C(O)N5C=C(c7ccc(N)cc7)C[C@H]5C=N6)cc4N=C[C@@H]3C2)cc1. The summed E-state index contributed by atoms with van der Waals surface area (Å²) in [6, 6.07) is 22.3. The average molecular weight is 728 g/mol. The second kappa shape index (κ2) is 14.6. The van der Waals surface area contributed by atoms with E-state index in [0.717, 1.165) is 28.0 Å². The zero-order valence-electron chi connectivity index (χ0n) is 30.3. The summed E-state index contributed by atoms with van der Waals surface area (Å²) in [5.41, 5.74) is 13.0. The number of carbonyl (C=O) groups is 1. The molecule has 0 aromatic heterocycles. The second-order valence-electron chi connectivity index (χ2n) is 13.4. The first kappa shape index (κ1) is 34.8. The van der Waals surface area contributed by atoms with Crippen LogP contribution in [0.2, 0.25) is 0 Å². The van der Waals surface area contributed by atoms with Gasteiger partial charge >= 0.3 is 0 Å². The van der Waals surface area contributed by atoms with Gasteiger partial charge in [0.15, 0.2) is 29.2 Å². The lowest BCUT2D eigenvalue weighted by Crippen LogP contribution is -2.32. The van der Waals surface area contributed by atoms with Crippen molar-refractivity contribution < 1.29 is 33.6 Å². The summed E-state index contributed by atoms with van der Waals surface area (Å²) in [4.78, 5) is 26.8. The van der Waals surface area contributed by atoms with Crippen molar-refractivity contribution in [2.75, 3.05) is 40.3 Å². The summed E-state index contributed by atoms with van der Waals surface area (Å²) in [5.74, 6) is 2.56. The molecule has 0 fully saturated rings. The summed E-state index contributed by atoms with van der Waals surface area (Å²) >= 11 is 0. The number of methoxy groups -OCH3 is 3. The molecule has 1 unspecified atom stereocenters. The Morgan fingerprint density at radius 3 is 2.00 bits per heavy atom. The molecule has 4 heterocycles. The summed E-state index contributed by atoms with van der Waals surface area (Å²) in [6.45, 7) is 0.645. The molecule has 4 aromatic rings. The highest BCUT2D eigenvalue weighted by Gasteiger charge is 2.35. The number of aliphatic hydroxyl groups excluding tert-OH is 1. The van der Waals surface area contributed by atoms with E-state index in [1.807, 2.05) is 78.3 Å². The van der Waals surface area contributed by atoms with Crippen molar-refractivity contribution in [3.8, 4) is 28.7 Å². The number of aliphatic hydroxyl groups is 1. The number of nitrogen functional groups attached to an aromatic ring is 1. The van der Waals surface area contributed by atoms with Gasteiger partial charge in [-0.1, -0.05) is 24.3 Å². The van der Waals surface area contributed by atoms with Crippen LogP contribution in [0.25, 0.3) is 11.1 Å². The molecule has 0 aliphatic carbocycles. The monoisotopic (exact) mass is 727 g/mol. The number of nitrogens with zero attached hydrogens (tertiary/aromatic N) is 4. The number of hydrogen-bond donors (Lipinski definition) is 2. The molecular formula is C42H41N5O7. The van der Waals surface area contributed by atoms with Crippen molar-refractivity contribution in [1.82, 2.24) is 9.80 Å². The predicted molar refractivity (Wildman–Crippen MR) is 207 cm³/mol. The van der Waals surface area contributed by atoms with Crippen LogP contribution in [-0.4, -0.2) is 79.9 Å². The minimum atomic E-state index is -0.921. The van der Waals surface area contributed by atoms with E-state index in [-0.39, 0.29) is 18.0 Å². The lowest BCUT2D eigenvalue weighted by atomic mass is 10.0. The maximum Gasteiger partial charge on any atom is 0.260 e. The van der Waals surface area contributed by atoms with Gasteiger partial charge in [-0.3, -0.25) is 14.8 Å². The van der Waals surface area contributed by atoms with Gasteiger partial charge in [0.25, 0.3) is 5.91 Å². The summed E-state index contributed by atoms with van der Waals surface area (Å²) in [5, 5.41) is 11.5. The highest BCUT2D eigenvalue weighted by Crippen LogP contribution is 2.44. The van der Waals surface area contributed by atoms with Crippen LogP contribution >= 0.6 is 0 Å². The van der Waals surface area contributed by atoms with Gasteiger partial charge < -0.3 is 44.3 Å². The maximum absolute atomic E-state index is 13.7. The van der Waals surface area contributed by atoms with Gasteiger partial charge in [-0.05, 0) is 65.1 Å². The van der Waals surface area contributed by atoms with Crippen LogP contribution in [0.4, 0.5) is 17.1 Å². The molecule has 3 N–H and O–H groups in total. The third kappa shape index (κ3) is 6.60. The lowest BCUT2D eigenvalue weighted by Gasteiger charge is -2.27. The van der Waals surface area contributed by atoms with Gasteiger partial charge in [0.2, 0.25) is 0 Å². The second-order valence-corrected chi connectivity index (χ2v) is 13.4. The molecule has 12 heteroatoms. The number of anilines is 1. The summed E-state index contributed by atoms with van der Waals surface area (Å²) in [7, 11) is 4.75. The van der Waals surface area contributed by atoms with E-state index in [2.05, 4.69) is 0 Å². The van der Waals surface area contributed by atoms with Crippen molar-refractivity contribution in [3.63, 3.8) is 0 Å². The van der Waals surface area contributed by atoms with E-state index < -0.39 is 6.23 Å². The predicted octanol–water partition coefficient (Wildman–Crippen LogP) is 6.94. The molecule has 1 amide bonds. The van der Waals surface area contributed by atoms with Crippen LogP contribution < -0.4 is 29.4 Å². The summed E-state index contributed by atoms with van der Waals surface area (Å²) in [6.07, 6.45) is 8.55. The van der Waals surface area contributed by atoms with E-state index in [4.69, 9.17) is 39.4 Å². The van der Waals surface area contributed by atoms with Crippen LogP contribution in [0.15, 0.2) is 95.2 Å². The van der Waals surface area contributed by atoms with Crippen molar-refractivity contribution in [1.29, 1.82) is 0 Å². The third-order valence-electron chi connectivity index (χ3n) is 10.1. The molecule has 12 nitrogen and oxygen atoms in total. The molecule has 0 saturated carbocycles. The molecule has 0 spiro atoms. The van der Waals surface area contributed by atoms with Gasteiger partial charge in [-0.15, -0.1) is 0 Å². The van der Waals surface area contributed by atoms with Gasteiger partial charge in [0, 0.05) is 61.1 Å². The number of hydrogen-bond acceptors (Lipinski definition) is 11. The normalized spacial score (nSPS) is 19.5. The number of amides is 1. The Hall–Kier alpha value is -6.27. The number of carbonyl (C=O) groups excluding carboxylic acids is 1. The van der Waals surface area contributed by atoms with Crippen molar-refractivity contribution >= 4 is 46.5 Å². The first-order valence-corrected chi connectivity index (χ1v) is 17.8. The molecule has 4 aliphatic rings. The first-order chi connectivity index (χ1) is 26.3. The minimum absolute atomic E-state index is 0.104. The fourth-order valence-electron chi connectivity index (χ4n) is 7.21. The van der Waals surface area contributed by atoms with Gasteiger partial charge in [0.1, 0.15) is 5.75 Å². The standard InChI is InChI=1S/C42H41N5O7/c1-50-32-11-7-26(8-12-32)28-16-31-22-45-36-20-40(38(52-3)18-34(36)42(49)47(31)24-28)54-14-4-13-53-39-19-35-33(17-37(39)51-2)41(48)46-23-27(15-30(46)21-44-35)25-5-9-29(43)10-6-25/h5-12,17-24,30-31,41,48H,4,13-16,43H2,1-3H3/t30-,31-,41?/m0/s1. The largest absolute Gasteiger partial charge is 0.497 e. The number of benzene rings is 4. The molecule has 54 heavy (non-hydrogen) atoms. The maximum atomic E-state index is 13.7. The number of ether oxygens (including phenoxy) is 5. The molecule has 0 bridgehead atoms. The third-order valence-corrected chi connectivity index (χ3v) is 10.1. The molecular weight excluding hydrogens is 686 g/mol. The van der Waals surface area contributed by atoms with Crippen LogP contribution in [0.3, 0.4) is 0 Å². The van der Waals surface area contributed by atoms with Gasteiger partial charge in [-0.25, -0.2) is 0 Å². The Kier molecular flexibility index (Phi) is 9.43. The van der Waals surface area contributed by atoms with Crippen LogP contribution in [-0.2, 0) is 0 Å². The van der Waals surface area contributed by atoms with Crippen molar-refractivity contribution in [2.24, 2.45) is 9.98 Å². The molecule has 0 radical (unpaired) electrons. The molecule has 0 saturated heterocycles. The Morgan fingerprint density at radius 1 is 0.722 bits per heavy atom. The Morgan fingerprint density at radius 2 is 1.31 bits per heavy atom. The van der Waals surface area contributed by atoms with Crippen LogP contribution in [0.1, 0.15) is 52.5 Å². The van der Waals surface area contributed by atoms with Gasteiger partial charge in [0.05, 0.1) is 63.6 Å². The highest BCUT2D eigenvalue weighted by molar-refractivity contribution is 6.05. The van der Waals surface area contributed by atoms with E-state index in [1.165, 1.54) is 0 Å². The lowest BCUT2D eigenvalue weighted by molar-refractivity contribution is 0.0336. The molecule has 4 aromatic carbocycles. The zero-order chi connectivity index (χ0) is 37.3. The van der Waals surface area contributed by atoms with Crippen LogP contribution in [0, 0.1) is 0 Å². The van der Waals surface area contributed by atoms with E-state index in [9.17, 15) is 9.90 Å². The molecule has 276 valence electrons. The molecule has 4 aliphatic heterocycles. The molecule has 3 atom stereocenters. The summed E-state index contributed by atoms with van der Waals surface area (Å²) < 4.78 is 28.9. The topological polar surface area (TPSA) is 141 Å². The van der Waals surface area contributed by atoms with Crippen molar-refractivity contribution in [2.45, 2.75) is 37.6 Å². The fraction of sp³-hybridized carbons (Fsp3) is 0.262. The zero-order valence-corrected chi connectivity index (χ0v) is 30.3. The highest BCUT2D eigenvalue weighted by atomic mass is 16.5. The number of fused-ring (bicyclic) bond motifs is 4. The Bertz CT molecular complexity index is 2200. The number of nitrogens with two attached hydrogens (primary N) is 1. The van der Waals surface area contributed by atoms with E-state index >= 15 is 0 Å². The fourth-order valence-corrected chi connectivity index (χ4v) is 7.21. The first-order valence-electron chi connectivity index (χ1n) is 17.8. The Balaban J connectivity index is 0.908. The quantitative estimate of drug-likeness (QED) is 0.124.